The maximum absolute atomic E-state index is 4.41. The van der Waals surface area contributed by atoms with E-state index in [1.807, 2.05) is 23.2 Å². The van der Waals surface area contributed by atoms with Gasteiger partial charge in [0, 0.05) is 30.1 Å². The molecule has 1 saturated heterocycles. The number of fused-ring (bicyclic) bond motifs is 1. The van der Waals surface area contributed by atoms with Crippen molar-refractivity contribution >= 4 is 23.4 Å². The van der Waals surface area contributed by atoms with E-state index in [4.69, 9.17) is 0 Å². The molecule has 0 saturated carbocycles. The number of hydrogen-bond donors (Lipinski definition) is 0. The molecule has 2 aromatic rings. The van der Waals surface area contributed by atoms with E-state index in [9.17, 15) is 0 Å². The van der Waals surface area contributed by atoms with Crippen molar-refractivity contribution in [3.8, 4) is 0 Å². The summed E-state index contributed by atoms with van der Waals surface area (Å²) in [5, 5.41) is 5.01. The summed E-state index contributed by atoms with van der Waals surface area (Å²) in [4.78, 5) is 11.1. The summed E-state index contributed by atoms with van der Waals surface area (Å²) < 4.78 is 1.86. The Labute approximate surface area is 117 Å². The molecule has 0 spiro atoms. The fraction of sp³-hybridized carbons (Fsp3) is 0.615. The lowest BCUT2D eigenvalue weighted by molar-refractivity contribution is 0.735. The first kappa shape index (κ1) is 12.7. The molecule has 1 fully saturated rings. The molecule has 1 unspecified atom stereocenters. The highest BCUT2D eigenvalue weighted by Crippen LogP contribution is 2.24. The molecule has 1 aliphatic rings. The van der Waals surface area contributed by atoms with E-state index in [0.29, 0.717) is 11.0 Å². The second-order valence-electron chi connectivity index (χ2n) is 5.03. The van der Waals surface area contributed by atoms with Gasteiger partial charge in [-0.25, -0.2) is 4.98 Å². The molecule has 1 aliphatic heterocycles. The Hall–Kier alpha value is -1.30. The van der Waals surface area contributed by atoms with E-state index in [2.05, 4.69) is 32.3 Å². The van der Waals surface area contributed by atoms with Gasteiger partial charge in [0.15, 0.2) is 0 Å². The van der Waals surface area contributed by atoms with Crippen LogP contribution in [0.4, 0.5) is 5.82 Å². The first-order valence-corrected chi connectivity index (χ1v) is 8.02. The van der Waals surface area contributed by atoms with Gasteiger partial charge in [0.05, 0.1) is 0 Å². The molecule has 5 nitrogen and oxygen atoms in total. The molecular weight excluding hydrogens is 258 g/mol. The fourth-order valence-electron chi connectivity index (χ4n) is 2.64. The average Bonchev–Trinajstić information content (AvgIpc) is 2.74. The van der Waals surface area contributed by atoms with Crippen LogP contribution < -0.4 is 4.90 Å². The molecule has 0 radical (unpaired) electrons. The van der Waals surface area contributed by atoms with Gasteiger partial charge in [0.25, 0.3) is 5.78 Å². The van der Waals surface area contributed by atoms with Gasteiger partial charge in [-0.1, -0.05) is 6.42 Å². The number of aryl methyl sites for hydroxylation is 1. The predicted molar refractivity (Wildman–Crippen MR) is 78.9 cm³/mol. The van der Waals surface area contributed by atoms with E-state index in [1.165, 1.54) is 19.3 Å². The molecule has 0 bridgehead atoms. The zero-order valence-electron chi connectivity index (χ0n) is 11.4. The maximum atomic E-state index is 4.41. The Morgan fingerprint density at radius 3 is 3.11 bits per heavy atom. The van der Waals surface area contributed by atoms with Crippen molar-refractivity contribution < 1.29 is 0 Å². The summed E-state index contributed by atoms with van der Waals surface area (Å²) in [6.07, 6.45) is 7.65. The smallest absolute Gasteiger partial charge is 0.254 e. The Morgan fingerprint density at radius 1 is 1.37 bits per heavy atom. The SMILES string of the molecule is CSC1CCCCN(c2cc(C)nc3ncnn23)C1. The van der Waals surface area contributed by atoms with Crippen molar-refractivity contribution in [2.24, 2.45) is 0 Å². The van der Waals surface area contributed by atoms with Crippen LogP contribution in [0.15, 0.2) is 12.4 Å². The summed E-state index contributed by atoms with van der Waals surface area (Å²) in [7, 11) is 0. The van der Waals surface area contributed by atoms with E-state index in [-0.39, 0.29) is 0 Å². The molecule has 1 atom stereocenters. The number of nitrogens with zero attached hydrogens (tertiary/aromatic N) is 5. The molecule has 6 heteroatoms. The highest BCUT2D eigenvalue weighted by Gasteiger charge is 2.20. The molecule has 0 amide bonds. The van der Waals surface area contributed by atoms with Crippen molar-refractivity contribution in [3.05, 3.63) is 18.1 Å². The third-order valence-corrected chi connectivity index (χ3v) is 4.70. The quantitative estimate of drug-likeness (QED) is 0.841. The lowest BCUT2D eigenvalue weighted by Crippen LogP contribution is -2.31. The number of anilines is 1. The van der Waals surface area contributed by atoms with Gasteiger partial charge >= 0.3 is 0 Å². The fourth-order valence-corrected chi connectivity index (χ4v) is 3.37. The van der Waals surface area contributed by atoms with E-state index in [1.54, 1.807) is 6.33 Å². The molecule has 0 N–H and O–H groups in total. The number of aromatic nitrogens is 4. The van der Waals surface area contributed by atoms with Crippen LogP contribution in [0, 0.1) is 6.92 Å². The van der Waals surface area contributed by atoms with Crippen LogP contribution in [0.1, 0.15) is 25.0 Å². The summed E-state index contributed by atoms with van der Waals surface area (Å²) in [6, 6.07) is 2.12. The monoisotopic (exact) mass is 277 g/mol. The van der Waals surface area contributed by atoms with E-state index in [0.717, 1.165) is 24.6 Å². The lowest BCUT2D eigenvalue weighted by Gasteiger charge is -2.25. The highest BCUT2D eigenvalue weighted by atomic mass is 32.2. The van der Waals surface area contributed by atoms with Gasteiger partial charge in [0.1, 0.15) is 12.1 Å². The van der Waals surface area contributed by atoms with Crippen LogP contribution in [0.3, 0.4) is 0 Å². The minimum atomic E-state index is 0.694. The van der Waals surface area contributed by atoms with Crippen molar-refractivity contribution in [3.63, 3.8) is 0 Å². The Kier molecular flexibility index (Phi) is 3.59. The predicted octanol–water partition coefficient (Wildman–Crippen LogP) is 2.15. The summed E-state index contributed by atoms with van der Waals surface area (Å²) in [5.41, 5.74) is 1.00. The Balaban J connectivity index is 1.99. The van der Waals surface area contributed by atoms with E-state index >= 15 is 0 Å². The zero-order chi connectivity index (χ0) is 13.2. The van der Waals surface area contributed by atoms with Gasteiger partial charge < -0.3 is 4.90 Å². The van der Waals surface area contributed by atoms with Crippen LogP contribution in [0.2, 0.25) is 0 Å². The van der Waals surface area contributed by atoms with Crippen LogP contribution in [-0.4, -0.2) is 44.2 Å². The van der Waals surface area contributed by atoms with Crippen molar-refractivity contribution in [1.82, 2.24) is 19.6 Å². The lowest BCUT2D eigenvalue weighted by atomic mass is 10.2. The highest BCUT2D eigenvalue weighted by molar-refractivity contribution is 7.99. The molecule has 19 heavy (non-hydrogen) atoms. The third-order valence-electron chi connectivity index (χ3n) is 3.65. The van der Waals surface area contributed by atoms with Crippen LogP contribution in [-0.2, 0) is 0 Å². The first-order chi connectivity index (χ1) is 9.28. The van der Waals surface area contributed by atoms with Gasteiger partial charge in [-0.15, -0.1) is 0 Å². The molecular formula is C13H19N5S. The van der Waals surface area contributed by atoms with Crippen molar-refractivity contribution in [1.29, 1.82) is 0 Å². The summed E-state index contributed by atoms with van der Waals surface area (Å²) in [5.74, 6) is 1.82. The molecule has 0 aromatic carbocycles. The van der Waals surface area contributed by atoms with Crippen LogP contribution in [0.25, 0.3) is 5.78 Å². The number of hydrogen-bond acceptors (Lipinski definition) is 5. The minimum absolute atomic E-state index is 0.694. The zero-order valence-corrected chi connectivity index (χ0v) is 12.2. The largest absolute Gasteiger partial charge is 0.355 e. The standard InChI is InChI=1S/C13H19N5S/c1-10-7-12(18-13(16-10)14-9-15-18)17-6-4-3-5-11(8-17)19-2/h7,9,11H,3-6,8H2,1-2H3. The van der Waals surface area contributed by atoms with Crippen LogP contribution in [0.5, 0.6) is 0 Å². The molecule has 2 aromatic heterocycles. The normalized spacial score (nSPS) is 20.7. The molecule has 102 valence electrons. The first-order valence-electron chi connectivity index (χ1n) is 6.73. The topological polar surface area (TPSA) is 46.3 Å². The number of rotatable bonds is 2. The minimum Gasteiger partial charge on any atom is -0.355 e. The summed E-state index contributed by atoms with van der Waals surface area (Å²) in [6.45, 7) is 4.19. The third kappa shape index (κ3) is 2.54. The second-order valence-corrected chi connectivity index (χ2v) is 6.17. The van der Waals surface area contributed by atoms with Crippen LogP contribution >= 0.6 is 11.8 Å². The maximum Gasteiger partial charge on any atom is 0.254 e. The number of thioether (sulfide) groups is 1. The van der Waals surface area contributed by atoms with Crippen molar-refractivity contribution in [2.45, 2.75) is 31.4 Å². The van der Waals surface area contributed by atoms with Gasteiger partial charge in [-0.2, -0.15) is 26.4 Å². The Bertz CT molecular complexity index is 567. The Morgan fingerprint density at radius 2 is 2.26 bits per heavy atom. The molecule has 3 heterocycles. The molecule has 3 rings (SSSR count). The van der Waals surface area contributed by atoms with Gasteiger partial charge in [-0.3, -0.25) is 0 Å². The van der Waals surface area contributed by atoms with Crippen molar-refractivity contribution in [2.75, 3.05) is 24.2 Å². The summed E-state index contributed by atoms with van der Waals surface area (Å²) >= 11 is 1.97. The second kappa shape index (κ2) is 5.36. The average molecular weight is 277 g/mol. The van der Waals surface area contributed by atoms with E-state index < -0.39 is 0 Å². The molecule has 0 aliphatic carbocycles. The van der Waals surface area contributed by atoms with Gasteiger partial charge in [0.2, 0.25) is 0 Å². The van der Waals surface area contributed by atoms with Gasteiger partial charge in [-0.05, 0) is 26.0 Å².